The number of carbonyl (C=O) groups is 2. The summed E-state index contributed by atoms with van der Waals surface area (Å²) >= 11 is 0. The lowest BCUT2D eigenvalue weighted by Crippen LogP contribution is -2.45. The number of fused-ring (bicyclic) bond motifs is 1. The minimum absolute atomic E-state index is 0.189. The van der Waals surface area contributed by atoms with Crippen molar-refractivity contribution in [3.63, 3.8) is 0 Å². The van der Waals surface area contributed by atoms with Crippen molar-refractivity contribution in [3.8, 4) is 0 Å². The summed E-state index contributed by atoms with van der Waals surface area (Å²) in [7, 11) is 0. The van der Waals surface area contributed by atoms with Gasteiger partial charge in [-0.2, -0.15) is 0 Å². The average molecular weight is 234 g/mol. The van der Waals surface area contributed by atoms with Crippen molar-refractivity contribution in [1.29, 1.82) is 0 Å². The van der Waals surface area contributed by atoms with E-state index in [1.54, 1.807) is 0 Å². The number of hydrogen-bond acceptors (Lipinski definition) is 3. The van der Waals surface area contributed by atoms with Gasteiger partial charge in [-0.25, -0.2) is 0 Å². The fourth-order valence-corrected chi connectivity index (χ4v) is 3.98. The van der Waals surface area contributed by atoms with Crippen LogP contribution in [0.1, 0.15) is 27.2 Å². The zero-order chi connectivity index (χ0) is 12.3. The second-order valence-corrected chi connectivity index (χ2v) is 6.01. The molecule has 0 aromatic rings. The molecule has 4 rings (SSSR count). The number of allylic oxidation sites excluding steroid dienone is 2. The Hall–Kier alpha value is -1.12. The van der Waals surface area contributed by atoms with Gasteiger partial charge >= 0.3 is 11.9 Å². The highest BCUT2D eigenvalue weighted by atomic mass is 16.6. The third kappa shape index (κ3) is 1.34. The van der Waals surface area contributed by atoms with Crippen LogP contribution in [-0.2, 0) is 14.3 Å². The van der Waals surface area contributed by atoms with E-state index in [-0.39, 0.29) is 35.6 Å². The predicted molar refractivity (Wildman–Crippen MR) is 61.8 cm³/mol. The molecule has 17 heavy (non-hydrogen) atoms. The minimum atomic E-state index is -0.291. The summed E-state index contributed by atoms with van der Waals surface area (Å²) in [6.45, 7) is 6.50. The molecule has 1 aliphatic heterocycles. The fraction of sp³-hybridized carbons (Fsp3) is 0.714. The molecule has 0 amide bonds. The van der Waals surface area contributed by atoms with E-state index in [1.165, 1.54) is 5.57 Å². The summed E-state index contributed by atoms with van der Waals surface area (Å²) in [5.74, 6) is 0.431. The molecular formula is C14H18O3. The van der Waals surface area contributed by atoms with E-state index in [1.807, 2.05) is 0 Å². The van der Waals surface area contributed by atoms with Gasteiger partial charge in [-0.3, -0.25) is 9.59 Å². The molecule has 0 aromatic heterocycles. The summed E-state index contributed by atoms with van der Waals surface area (Å²) in [6.07, 6.45) is 3.28. The van der Waals surface area contributed by atoms with Crippen LogP contribution >= 0.6 is 0 Å². The van der Waals surface area contributed by atoms with Crippen LogP contribution in [0.2, 0.25) is 0 Å². The highest BCUT2D eigenvalue weighted by Gasteiger charge is 2.59. The van der Waals surface area contributed by atoms with Gasteiger partial charge in [-0.1, -0.05) is 32.4 Å². The van der Waals surface area contributed by atoms with Crippen molar-refractivity contribution in [2.75, 3.05) is 0 Å². The van der Waals surface area contributed by atoms with Crippen molar-refractivity contribution < 1.29 is 14.3 Å². The molecule has 3 aliphatic carbocycles. The molecule has 1 saturated carbocycles. The maximum Gasteiger partial charge on any atom is 0.318 e. The Kier molecular flexibility index (Phi) is 2.22. The summed E-state index contributed by atoms with van der Waals surface area (Å²) in [5, 5.41) is 0. The first-order valence-electron chi connectivity index (χ1n) is 6.48. The molecule has 5 atom stereocenters. The quantitative estimate of drug-likeness (QED) is 0.397. The second-order valence-electron chi connectivity index (χ2n) is 6.01. The third-order valence-corrected chi connectivity index (χ3v) is 4.74. The lowest BCUT2D eigenvalue weighted by atomic mass is 9.55. The SMILES string of the molecule is CC(C)C1=CC2C(C)CC1C1C(=O)OC(=O)C21. The van der Waals surface area contributed by atoms with E-state index in [2.05, 4.69) is 26.8 Å². The second kappa shape index (κ2) is 3.44. The first kappa shape index (κ1) is 11.0. The van der Waals surface area contributed by atoms with Crippen LogP contribution in [-0.4, -0.2) is 11.9 Å². The number of ether oxygens (including phenoxy) is 1. The molecule has 92 valence electrons. The Morgan fingerprint density at radius 3 is 2.53 bits per heavy atom. The van der Waals surface area contributed by atoms with Gasteiger partial charge in [0.25, 0.3) is 0 Å². The molecule has 5 unspecified atom stereocenters. The van der Waals surface area contributed by atoms with Gasteiger partial charge in [0.15, 0.2) is 0 Å². The van der Waals surface area contributed by atoms with Gasteiger partial charge in [0.1, 0.15) is 0 Å². The minimum Gasteiger partial charge on any atom is -0.393 e. The van der Waals surface area contributed by atoms with Gasteiger partial charge in [0.05, 0.1) is 11.8 Å². The monoisotopic (exact) mass is 234 g/mol. The average Bonchev–Trinajstić information content (AvgIpc) is 2.56. The zero-order valence-corrected chi connectivity index (χ0v) is 10.5. The van der Waals surface area contributed by atoms with Crippen LogP contribution in [0, 0.1) is 35.5 Å². The van der Waals surface area contributed by atoms with Crippen molar-refractivity contribution >= 4 is 11.9 Å². The Bertz CT molecular complexity index is 421. The van der Waals surface area contributed by atoms with E-state index < -0.39 is 0 Å². The predicted octanol–water partition coefficient (Wildman–Crippen LogP) is 2.17. The topological polar surface area (TPSA) is 43.4 Å². The molecule has 2 bridgehead atoms. The largest absolute Gasteiger partial charge is 0.393 e. The number of rotatable bonds is 1. The van der Waals surface area contributed by atoms with Gasteiger partial charge in [-0.15, -0.1) is 0 Å². The Morgan fingerprint density at radius 1 is 1.24 bits per heavy atom. The molecule has 0 N–H and O–H groups in total. The number of carbonyl (C=O) groups excluding carboxylic acids is 2. The maximum atomic E-state index is 11.8. The van der Waals surface area contributed by atoms with Crippen molar-refractivity contribution in [1.82, 2.24) is 0 Å². The Labute approximate surface area is 101 Å². The first-order chi connectivity index (χ1) is 8.00. The van der Waals surface area contributed by atoms with Gasteiger partial charge in [-0.05, 0) is 30.1 Å². The molecule has 3 heteroatoms. The molecule has 0 aromatic carbocycles. The zero-order valence-electron chi connectivity index (χ0n) is 10.5. The van der Waals surface area contributed by atoms with E-state index in [9.17, 15) is 9.59 Å². The molecule has 3 nitrogen and oxygen atoms in total. The Balaban J connectivity index is 2.07. The standard InChI is InChI=1S/C14H18O3/c1-6(2)8-5-9-7(3)4-10(8)12-11(9)13(15)17-14(12)16/h5-7,9-12H,4H2,1-3H3. The normalized spacial score (nSPS) is 43.8. The van der Waals surface area contributed by atoms with Crippen LogP contribution in [0.15, 0.2) is 11.6 Å². The van der Waals surface area contributed by atoms with E-state index in [0.717, 1.165) is 6.42 Å². The van der Waals surface area contributed by atoms with E-state index in [0.29, 0.717) is 11.8 Å². The van der Waals surface area contributed by atoms with Crippen molar-refractivity contribution in [3.05, 3.63) is 11.6 Å². The van der Waals surface area contributed by atoms with Crippen LogP contribution in [0.4, 0.5) is 0 Å². The number of cyclic esters (lactones) is 2. The highest BCUT2D eigenvalue weighted by molar-refractivity contribution is 5.97. The lowest BCUT2D eigenvalue weighted by Gasteiger charge is -2.46. The summed E-state index contributed by atoms with van der Waals surface area (Å²) in [5.41, 5.74) is 1.36. The van der Waals surface area contributed by atoms with Crippen LogP contribution < -0.4 is 0 Å². The van der Waals surface area contributed by atoms with Gasteiger partial charge < -0.3 is 4.74 Å². The highest BCUT2D eigenvalue weighted by Crippen LogP contribution is 2.55. The van der Waals surface area contributed by atoms with Crippen LogP contribution in [0.5, 0.6) is 0 Å². The summed E-state index contributed by atoms with van der Waals surface area (Å²) in [6, 6.07) is 0. The van der Waals surface area contributed by atoms with E-state index in [4.69, 9.17) is 4.74 Å². The molecule has 1 heterocycles. The molecular weight excluding hydrogens is 216 g/mol. The molecule has 0 radical (unpaired) electrons. The molecule has 2 fully saturated rings. The Morgan fingerprint density at radius 2 is 1.88 bits per heavy atom. The van der Waals surface area contributed by atoms with Gasteiger partial charge in [0, 0.05) is 0 Å². The van der Waals surface area contributed by atoms with E-state index >= 15 is 0 Å². The van der Waals surface area contributed by atoms with Crippen LogP contribution in [0.3, 0.4) is 0 Å². The lowest BCUT2D eigenvalue weighted by molar-refractivity contribution is -0.154. The number of hydrogen-bond donors (Lipinski definition) is 0. The van der Waals surface area contributed by atoms with Crippen molar-refractivity contribution in [2.24, 2.45) is 35.5 Å². The van der Waals surface area contributed by atoms with Crippen LogP contribution in [0.25, 0.3) is 0 Å². The summed E-state index contributed by atoms with van der Waals surface area (Å²) in [4.78, 5) is 23.6. The number of esters is 2. The smallest absolute Gasteiger partial charge is 0.318 e. The molecule has 0 spiro atoms. The summed E-state index contributed by atoms with van der Waals surface area (Å²) < 4.78 is 4.85. The maximum absolute atomic E-state index is 11.8. The molecule has 4 aliphatic rings. The van der Waals surface area contributed by atoms with Crippen molar-refractivity contribution in [2.45, 2.75) is 27.2 Å². The first-order valence-corrected chi connectivity index (χ1v) is 6.48. The van der Waals surface area contributed by atoms with Gasteiger partial charge in [0.2, 0.25) is 0 Å². The third-order valence-electron chi connectivity index (χ3n) is 4.74. The fourth-order valence-electron chi connectivity index (χ4n) is 3.98. The molecule has 1 saturated heterocycles.